The molecule has 1 aliphatic heterocycles. The highest BCUT2D eigenvalue weighted by Gasteiger charge is 2.21. The zero-order valence-corrected chi connectivity index (χ0v) is 13.8. The largest absolute Gasteiger partial charge is 0.348 e. The van der Waals surface area contributed by atoms with E-state index in [2.05, 4.69) is 26.1 Å². The molecule has 4 nitrogen and oxygen atoms in total. The molecule has 1 aromatic carbocycles. The lowest BCUT2D eigenvalue weighted by molar-refractivity contribution is -0.124. The highest BCUT2D eigenvalue weighted by atomic mass is 79.9. The Labute approximate surface area is 134 Å². The van der Waals surface area contributed by atoms with Crippen molar-refractivity contribution in [1.29, 1.82) is 0 Å². The van der Waals surface area contributed by atoms with Gasteiger partial charge in [-0.25, -0.2) is 0 Å². The Morgan fingerprint density at radius 1 is 1.48 bits per heavy atom. The zero-order valence-electron chi connectivity index (χ0n) is 12.2. The van der Waals surface area contributed by atoms with Crippen LogP contribution in [0.1, 0.15) is 31.4 Å². The number of rotatable bonds is 5. The fourth-order valence-electron chi connectivity index (χ4n) is 2.67. The highest BCUT2D eigenvalue weighted by Crippen LogP contribution is 2.17. The molecule has 1 aliphatic rings. The molecule has 0 spiro atoms. The molecule has 21 heavy (non-hydrogen) atoms. The average Bonchev–Trinajstić information content (AvgIpc) is 2.47. The molecule has 2 atom stereocenters. The number of halogens is 1. The third kappa shape index (κ3) is 4.93. The van der Waals surface area contributed by atoms with Crippen molar-refractivity contribution in [2.45, 2.75) is 25.8 Å². The van der Waals surface area contributed by atoms with Crippen LogP contribution >= 0.6 is 15.9 Å². The number of piperidine rings is 1. The fourth-order valence-corrected chi connectivity index (χ4v) is 2.94. The van der Waals surface area contributed by atoms with Crippen molar-refractivity contribution in [3.8, 4) is 0 Å². The maximum absolute atomic E-state index is 12.1. The second-order valence-corrected chi connectivity index (χ2v) is 6.53. The van der Waals surface area contributed by atoms with Crippen LogP contribution < -0.4 is 5.32 Å². The van der Waals surface area contributed by atoms with Crippen LogP contribution in [0, 0.1) is 5.92 Å². The lowest BCUT2D eigenvalue weighted by Crippen LogP contribution is -2.43. The number of benzene rings is 1. The van der Waals surface area contributed by atoms with E-state index in [0.29, 0.717) is 13.1 Å². The molecule has 0 bridgehead atoms. The van der Waals surface area contributed by atoms with Crippen LogP contribution in [0.5, 0.6) is 0 Å². The minimum absolute atomic E-state index is 0.0111. The summed E-state index contributed by atoms with van der Waals surface area (Å²) in [5, 5.41) is 3.01. The maximum Gasteiger partial charge on any atom is 0.234 e. The molecule has 2 unspecified atom stereocenters. The van der Waals surface area contributed by atoms with Gasteiger partial charge in [0.2, 0.25) is 5.91 Å². The molecule has 1 aromatic rings. The number of nitrogens with zero attached hydrogens (tertiary/aromatic N) is 1. The molecule has 0 aromatic heterocycles. The number of amides is 1. The van der Waals surface area contributed by atoms with Crippen LogP contribution in [0.4, 0.5) is 0 Å². The summed E-state index contributed by atoms with van der Waals surface area (Å²) in [6.07, 6.45) is 2.93. The average molecular weight is 353 g/mol. The van der Waals surface area contributed by atoms with Crippen LogP contribution in [-0.4, -0.2) is 36.7 Å². The van der Waals surface area contributed by atoms with Gasteiger partial charge in [-0.1, -0.05) is 28.1 Å². The predicted octanol–water partition coefficient (Wildman–Crippen LogP) is 2.54. The first-order valence-electron chi connectivity index (χ1n) is 7.31. The quantitative estimate of drug-likeness (QED) is 0.828. The third-order valence-corrected chi connectivity index (χ3v) is 4.38. The Hall–Kier alpha value is -1.20. The van der Waals surface area contributed by atoms with Gasteiger partial charge in [-0.15, -0.1) is 0 Å². The van der Waals surface area contributed by atoms with E-state index in [9.17, 15) is 9.59 Å². The monoisotopic (exact) mass is 352 g/mol. The Balaban J connectivity index is 1.83. The number of aldehydes is 1. The van der Waals surface area contributed by atoms with E-state index in [1.807, 2.05) is 31.2 Å². The van der Waals surface area contributed by atoms with Gasteiger partial charge in [-0.2, -0.15) is 0 Å². The number of hydrogen-bond donors (Lipinski definition) is 1. The molecule has 2 rings (SSSR count). The molecule has 0 saturated carbocycles. The first-order valence-corrected chi connectivity index (χ1v) is 8.10. The molecule has 114 valence electrons. The molecule has 1 heterocycles. The predicted molar refractivity (Wildman–Crippen MR) is 85.9 cm³/mol. The van der Waals surface area contributed by atoms with Crippen molar-refractivity contribution in [1.82, 2.24) is 10.2 Å². The molecule has 1 saturated heterocycles. The molecular formula is C16H21BrN2O2. The summed E-state index contributed by atoms with van der Waals surface area (Å²) in [4.78, 5) is 25.0. The van der Waals surface area contributed by atoms with Gasteiger partial charge in [0.15, 0.2) is 0 Å². The number of likely N-dealkylation sites (tertiary alicyclic amines) is 1. The SMILES string of the molecule is CC(NC(=O)CN1CCCC(C=O)C1)c1ccc(Br)cc1. The summed E-state index contributed by atoms with van der Waals surface area (Å²) in [5.74, 6) is 0.0902. The summed E-state index contributed by atoms with van der Waals surface area (Å²) in [7, 11) is 0. The van der Waals surface area contributed by atoms with Crippen molar-refractivity contribution < 1.29 is 9.59 Å². The summed E-state index contributed by atoms with van der Waals surface area (Å²) in [5.41, 5.74) is 1.08. The first-order chi connectivity index (χ1) is 10.1. The topological polar surface area (TPSA) is 49.4 Å². The lowest BCUT2D eigenvalue weighted by Gasteiger charge is -2.29. The molecule has 0 radical (unpaired) electrons. The van der Waals surface area contributed by atoms with E-state index in [0.717, 1.165) is 35.7 Å². The molecule has 1 fully saturated rings. The van der Waals surface area contributed by atoms with Gasteiger partial charge in [-0.3, -0.25) is 9.69 Å². The Bertz CT molecular complexity index is 490. The highest BCUT2D eigenvalue weighted by molar-refractivity contribution is 9.10. The van der Waals surface area contributed by atoms with E-state index in [1.165, 1.54) is 0 Å². The molecule has 0 aliphatic carbocycles. The number of carbonyl (C=O) groups excluding carboxylic acids is 2. The lowest BCUT2D eigenvalue weighted by atomic mass is 10.00. The van der Waals surface area contributed by atoms with Gasteiger partial charge in [0.1, 0.15) is 6.29 Å². The van der Waals surface area contributed by atoms with E-state index in [-0.39, 0.29) is 17.9 Å². The maximum atomic E-state index is 12.1. The minimum Gasteiger partial charge on any atom is -0.348 e. The normalized spacial score (nSPS) is 20.8. The Morgan fingerprint density at radius 2 is 2.19 bits per heavy atom. The number of nitrogens with one attached hydrogen (secondary N) is 1. The van der Waals surface area contributed by atoms with Gasteiger partial charge in [-0.05, 0) is 44.0 Å². The smallest absolute Gasteiger partial charge is 0.234 e. The minimum atomic E-state index is -0.0164. The molecule has 1 N–H and O–H groups in total. The number of hydrogen-bond acceptors (Lipinski definition) is 3. The van der Waals surface area contributed by atoms with Gasteiger partial charge < -0.3 is 10.1 Å². The summed E-state index contributed by atoms with van der Waals surface area (Å²) < 4.78 is 1.03. The second-order valence-electron chi connectivity index (χ2n) is 5.61. The van der Waals surface area contributed by atoms with Gasteiger partial charge in [0.05, 0.1) is 12.6 Å². The molecular weight excluding hydrogens is 332 g/mol. The zero-order chi connectivity index (χ0) is 15.2. The van der Waals surface area contributed by atoms with E-state index < -0.39 is 0 Å². The number of carbonyl (C=O) groups is 2. The Morgan fingerprint density at radius 3 is 2.86 bits per heavy atom. The van der Waals surface area contributed by atoms with E-state index in [4.69, 9.17) is 0 Å². The van der Waals surface area contributed by atoms with Gasteiger partial charge in [0, 0.05) is 16.9 Å². The van der Waals surface area contributed by atoms with Crippen molar-refractivity contribution in [2.75, 3.05) is 19.6 Å². The van der Waals surface area contributed by atoms with Crippen molar-refractivity contribution in [3.63, 3.8) is 0 Å². The van der Waals surface area contributed by atoms with Crippen molar-refractivity contribution >= 4 is 28.1 Å². The fraction of sp³-hybridized carbons (Fsp3) is 0.500. The van der Waals surface area contributed by atoms with Crippen molar-refractivity contribution in [3.05, 3.63) is 34.3 Å². The van der Waals surface area contributed by atoms with Crippen LogP contribution in [0.25, 0.3) is 0 Å². The van der Waals surface area contributed by atoms with Crippen LogP contribution in [0.2, 0.25) is 0 Å². The van der Waals surface area contributed by atoms with Gasteiger partial charge in [0.25, 0.3) is 0 Å². The van der Waals surface area contributed by atoms with E-state index >= 15 is 0 Å². The van der Waals surface area contributed by atoms with Crippen molar-refractivity contribution in [2.24, 2.45) is 5.92 Å². The summed E-state index contributed by atoms with van der Waals surface area (Å²) in [6.45, 7) is 3.94. The van der Waals surface area contributed by atoms with Crippen LogP contribution in [0.3, 0.4) is 0 Å². The van der Waals surface area contributed by atoms with Gasteiger partial charge >= 0.3 is 0 Å². The summed E-state index contributed by atoms with van der Waals surface area (Å²) in [6, 6.07) is 7.92. The summed E-state index contributed by atoms with van der Waals surface area (Å²) >= 11 is 3.40. The van der Waals surface area contributed by atoms with Crippen LogP contribution in [0.15, 0.2) is 28.7 Å². The third-order valence-electron chi connectivity index (χ3n) is 3.85. The first kappa shape index (κ1) is 16.2. The molecule has 1 amide bonds. The van der Waals surface area contributed by atoms with Crippen LogP contribution in [-0.2, 0) is 9.59 Å². The molecule has 5 heteroatoms. The second kappa shape index (κ2) is 7.71. The standard InChI is InChI=1S/C16H21BrN2O2/c1-12(14-4-6-15(17)7-5-14)18-16(21)10-19-8-2-3-13(9-19)11-20/h4-7,11-13H,2-3,8-10H2,1H3,(H,18,21). The Kier molecular flexibility index (Phi) is 5.94. The van der Waals surface area contributed by atoms with E-state index in [1.54, 1.807) is 0 Å².